The Balaban J connectivity index is 2.57. The van der Waals surface area contributed by atoms with Crippen molar-refractivity contribution in [2.24, 2.45) is 0 Å². The molecule has 1 amide bonds. The fraction of sp³-hybridized carbons (Fsp3) is 0.385. The van der Waals surface area contributed by atoms with Crippen molar-refractivity contribution in [3.05, 3.63) is 23.3 Å². The van der Waals surface area contributed by atoms with Gasteiger partial charge in [0, 0.05) is 6.54 Å². The standard InChI is InChI=1S/C13H15F3N2O4/c1-7-3-4-8(11(19)20)10(9(7)17)22-6-2-5-18-12(21)13(14,15)16/h3-4H,2,5-6,17H2,1H3,(H,18,21)(H,19,20). The van der Waals surface area contributed by atoms with Crippen LogP contribution in [0.5, 0.6) is 5.75 Å². The summed E-state index contributed by atoms with van der Waals surface area (Å²) in [5, 5.41) is 10.7. The number of nitrogen functional groups attached to an aromatic ring is 1. The smallest absolute Gasteiger partial charge is 0.471 e. The van der Waals surface area contributed by atoms with E-state index in [1.54, 1.807) is 12.2 Å². The zero-order valence-corrected chi connectivity index (χ0v) is 11.7. The van der Waals surface area contributed by atoms with Gasteiger partial charge in [0.15, 0.2) is 5.75 Å². The first-order chi connectivity index (χ1) is 10.1. The molecule has 0 aliphatic rings. The van der Waals surface area contributed by atoms with Crippen LogP contribution >= 0.6 is 0 Å². The zero-order valence-electron chi connectivity index (χ0n) is 11.7. The number of amides is 1. The lowest BCUT2D eigenvalue weighted by Gasteiger charge is -2.14. The molecule has 6 nitrogen and oxygen atoms in total. The Morgan fingerprint density at radius 2 is 2.00 bits per heavy atom. The maximum atomic E-state index is 11.9. The molecule has 1 rings (SSSR count). The quantitative estimate of drug-likeness (QED) is 0.547. The number of alkyl halides is 3. The topological polar surface area (TPSA) is 102 Å². The van der Waals surface area contributed by atoms with Gasteiger partial charge in [-0.15, -0.1) is 0 Å². The first-order valence-electron chi connectivity index (χ1n) is 6.24. The Morgan fingerprint density at radius 3 is 2.55 bits per heavy atom. The maximum absolute atomic E-state index is 11.9. The molecule has 1 aromatic rings. The number of nitrogens with two attached hydrogens (primary N) is 1. The molecule has 9 heteroatoms. The molecule has 0 aliphatic heterocycles. The van der Waals surface area contributed by atoms with Crippen molar-refractivity contribution < 1.29 is 32.6 Å². The molecule has 0 aliphatic carbocycles. The highest BCUT2D eigenvalue weighted by molar-refractivity contribution is 5.93. The van der Waals surface area contributed by atoms with E-state index in [0.29, 0.717) is 5.56 Å². The average Bonchev–Trinajstić information content (AvgIpc) is 2.41. The van der Waals surface area contributed by atoms with Crippen LogP contribution in [-0.2, 0) is 4.79 Å². The number of carboxylic acids is 1. The first kappa shape index (κ1) is 17.6. The van der Waals surface area contributed by atoms with Gasteiger partial charge >= 0.3 is 18.1 Å². The van der Waals surface area contributed by atoms with Gasteiger partial charge in [-0.05, 0) is 25.0 Å². The summed E-state index contributed by atoms with van der Waals surface area (Å²) >= 11 is 0. The first-order valence-corrected chi connectivity index (χ1v) is 6.24. The SMILES string of the molecule is Cc1ccc(C(=O)O)c(OCCCNC(=O)C(F)(F)F)c1N. The minimum atomic E-state index is -4.93. The van der Waals surface area contributed by atoms with Crippen molar-refractivity contribution >= 4 is 17.6 Å². The van der Waals surface area contributed by atoms with Crippen LogP contribution < -0.4 is 15.8 Å². The molecule has 1 aromatic carbocycles. The molecule has 122 valence electrons. The number of nitrogens with one attached hydrogen (secondary N) is 1. The highest BCUT2D eigenvalue weighted by Gasteiger charge is 2.38. The van der Waals surface area contributed by atoms with Crippen molar-refractivity contribution in [3.8, 4) is 5.75 Å². The molecular formula is C13H15F3N2O4. The molecule has 0 saturated heterocycles. The Hall–Kier alpha value is -2.45. The normalized spacial score (nSPS) is 11.1. The van der Waals surface area contributed by atoms with Gasteiger partial charge in [0.1, 0.15) is 5.56 Å². The van der Waals surface area contributed by atoms with Crippen molar-refractivity contribution in [2.45, 2.75) is 19.5 Å². The summed E-state index contributed by atoms with van der Waals surface area (Å²) in [6, 6.07) is 2.85. The lowest BCUT2D eigenvalue weighted by molar-refractivity contribution is -0.173. The number of hydrogen-bond acceptors (Lipinski definition) is 4. The summed E-state index contributed by atoms with van der Waals surface area (Å²) in [5.41, 5.74) is 6.37. The summed E-state index contributed by atoms with van der Waals surface area (Å²) in [7, 11) is 0. The molecule has 22 heavy (non-hydrogen) atoms. The van der Waals surface area contributed by atoms with Gasteiger partial charge in [-0.3, -0.25) is 4.79 Å². The molecule has 0 spiro atoms. The number of carbonyl (C=O) groups is 2. The Kier molecular flexibility index (Phi) is 5.61. The highest BCUT2D eigenvalue weighted by Crippen LogP contribution is 2.29. The van der Waals surface area contributed by atoms with E-state index in [0.717, 1.165) is 0 Å². The Morgan fingerprint density at radius 1 is 1.36 bits per heavy atom. The van der Waals surface area contributed by atoms with E-state index in [-0.39, 0.29) is 36.6 Å². The van der Waals surface area contributed by atoms with Crippen LogP contribution in [0.25, 0.3) is 0 Å². The molecule has 0 heterocycles. The van der Waals surface area contributed by atoms with Crippen molar-refractivity contribution in [1.82, 2.24) is 5.32 Å². The van der Waals surface area contributed by atoms with Crippen LogP contribution in [0.1, 0.15) is 22.3 Å². The predicted octanol–water partition coefficient (Wildman–Crippen LogP) is 1.72. The van der Waals surface area contributed by atoms with E-state index in [2.05, 4.69) is 0 Å². The number of carboxylic acid groups (broad SMARTS) is 1. The summed E-state index contributed by atoms with van der Waals surface area (Å²) in [5.74, 6) is -3.30. The summed E-state index contributed by atoms with van der Waals surface area (Å²) in [6.07, 6.45) is -4.87. The molecule has 0 fully saturated rings. The number of aryl methyl sites for hydroxylation is 1. The minimum absolute atomic E-state index is 0.0327. The monoisotopic (exact) mass is 320 g/mol. The minimum Gasteiger partial charge on any atom is -0.490 e. The molecule has 0 unspecified atom stereocenters. The summed E-state index contributed by atoms with van der Waals surface area (Å²) in [6.45, 7) is 1.32. The second-order valence-electron chi connectivity index (χ2n) is 4.43. The molecular weight excluding hydrogens is 305 g/mol. The molecule has 0 bridgehead atoms. The van der Waals surface area contributed by atoms with E-state index >= 15 is 0 Å². The van der Waals surface area contributed by atoms with Crippen molar-refractivity contribution in [1.29, 1.82) is 0 Å². The van der Waals surface area contributed by atoms with Crippen LogP contribution in [0.2, 0.25) is 0 Å². The number of anilines is 1. The predicted molar refractivity (Wildman–Crippen MR) is 71.7 cm³/mol. The number of halogens is 3. The van der Waals surface area contributed by atoms with E-state index < -0.39 is 18.1 Å². The van der Waals surface area contributed by atoms with E-state index in [9.17, 15) is 22.8 Å². The fourth-order valence-corrected chi connectivity index (χ4v) is 1.57. The van der Waals surface area contributed by atoms with Crippen LogP contribution in [0, 0.1) is 6.92 Å². The highest BCUT2D eigenvalue weighted by atomic mass is 19.4. The second-order valence-corrected chi connectivity index (χ2v) is 4.43. The van der Waals surface area contributed by atoms with Crippen LogP contribution in [0.4, 0.5) is 18.9 Å². The largest absolute Gasteiger partial charge is 0.490 e. The second kappa shape index (κ2) is 7.01. The third kappa shape index (κ3) is 4.54. The number of ether oxygens (including phenoxy) is 1. The molecule has 0 atom stereocenters. The van der Waals surface area contributed by atoms with Crippen LogP contribution in [0.15, 0.2) is 12.1 Å². The lowest BCUT2D eigenvalue weighted by atomic mass is 10.1. The lowest BCUT2D eigenvalue weighted by Crippen LogP contribution is -2.37. The van der Waals surface area contributed by atoms with E-state index in [1.807, 2.05) is 0 Å². The maximum Gasteiger partial charge on any atom is 0.471 e. The van der Waals surface area contributed by atoms with Gasteiger partial charge in [0.25, 0.3) is 0 Å². The summed E-state index contributed by atoms with van der Waals surface area (Å²) < 4.78 is 41.1. The molecule has 4 N–H and O–H groups in total. The van der Waals surface area contributed by atoms with Gasteiger partial charge in [0.05, 0.1) is 12.3 Å². The number of aromatic carboxylic acids is 1. The molecule has 0 radical (unpaired) electrons. The van der Waals surface area contributed by atoms with Gasteiger partial charge in [-0.2, -0.15) is 13.2 Å². The zero-order chi connectivity index (χ0) is 16.9. The molecule has 0 saturated carbocycles. The van der Waals surface area contributed by atoms with Crippen molar-refractivity contribution in [2.75, 3.05) is 18.9 Å². The average molecular weight is 320 g/mol. The van der Waals surface area contributed by atoms with Crippen LogP contribution in [-0.4, -0.2) is 36.3 Å². The fourth-order valence-electron chi connectivity index (χ4n) is 1.57. The Labute approximate surface area is 124 Å². The van der Waals surface area contributed by atoms with Crippen LogP contribution in [0.3, 0.4) is 0 Å². The van der Waals surface area contributed by atoms with Gasteiger partial charge in [-0.25, -0.2) is 4.79 Å². The third-order valence-electron chi connectivity index (χ3n) is 2.76. The van der Waals surface area contributed by atoms with Crippen molar-refractivity contribution in [3.63, 3.8) is 0 Å². The van der Waals surface area contributed by atoms with E-state index in [1.165, 1.54) is 12.1 Å². The number of rotatable bonds is 6. The van der Waals surface area contributed by atoms with E-state index in [4.69, 9.17) is 15.6 Å². The van der Waals surface area contributed by atoms with Gasteiger partial charge < -0.3 is 20.9 Å². The third-order valence-corrected chi connectivity index (χ3v) is 2.76. The Bertz CT molecular complexity index is 573. The summed E-state index contributed by atoms with van der Waals surface area (Å²) in [4.78, 5) is 21.6. The van der Waals surface area contributed by atoms with Gasteiger partial charge in [0.2, 0.25) is 0 Å². The van der Waals surface area contributed by atoms with Gasteiger partial charge in [-0.1, -0.05) is 6.07 Å². The molecule has 0 aromatic heterocycles. The number of carbonyl (C=O) groups excluding carboxylic acids is 1. The number of hydrogen-bond donors (Lipinski definition) is 3. The number of benzene rings is 1.